The first-order valence-electron chi connectivity index (χ1n) is 7.32. The molecule has 3 rings (SSSR count). The molecule has 0 spiro atoms. The van der Waals surface area contributed by atoms with Crippen LogP contribution in [0.5, 0.6) is 0 Å². The van der Waals surface area contributed by atoms with Crippen molar-refractivity contribution < 1.29 is 13.9 Å². The SMILES string of the molecule is C[C@H](CO)Nc1nc(SCc2cccc(F)c2F)nc2[nH]c(=S)sc12. The van der Waals surface area contributed by atoms with Crippen LogP contribution in [0.15, 0.2) is 23.4 Å². The van der Waals surface area contributed by atoms with Crippen LogP contribution in [0.4, 0.5) is 14.6 Å². The van der Waals surface area contributed by atoms with Crippen molar-refractivity contribution in [2.45, 2.75) is 23.9 Å². The molecule has 1 aromatic carbocycles. The molecule has 5 nitrogen and oxygen atoms in total. The molecular weight excluding hydrogens is 386 g/mol. The van der Waals surface area contributed by atoms with E-state index in [9.17, 15) is 13.9 Å². The Hall–Kier alpha value is -1.62. The molecule has 25 heavy (non-hydrogen) atoms. The third-order valence-electron chi connectivity index (χ3n) is 3.31. The number of aliphatic hydroxyl groups is 1. The van der Waals surface area contributed by atoms with Gasteiger partial charge in [0.2, 0.25) is 0 Å². The van der Waals surface area contributed by atoms with Gasteiger partial charge in [-0.05, 0) is 25.2 Å². The van der Waals surface area contributed by atoms with Gasteiger partial charge in [-0.1, -0.05) is 35.2 Å². The zero-order chi connectivity index (χ0) is 18.0. The van der Waals surface area contributed by atoms with E-state index in [1.54, 1.807) is 0 Å². The number of nitrogens with one attached hydrogen (secondary N) is 2. The average Bonchev–Trinajstić information content (AvgIpc) is 2.96. The van der Waals surface area contributed by atoms with Crippen LogP contribution in [0.25, 0.3) is 10.3 Å². The number of hydrogen-bond donors (Lipinski definition) is 3. The number of fused-ring (bicyclic) bond motifs is 1. The summed E-state index contributed by atoms with van der Waals surface area (Å²) in [6.45, 7) is 1.76. The van der Waals surface area contributed by atoms with Gasteiger partial charge in [0.25, 0.3) is 0 Å². The number of H-pyrrole nitrogens is 1. The Labute approximate surface area is 155 Å². The molecular formula is C15H14F2N4OS3. The van der Waals surface area contributed by atoms with Crippen molar-refractivity contribution in [3.63, 3.8) is 0 Å². The number of aromatic amines is 1. The van der Waals surface area contributed by atoms with E-state index >= 15 is 0 Å². The molecule has 0 saturated heterocycles. The van der Waals surface area contributed by atoms with Crippen molar-refractivity contribution in [3.05, 3.63) is 39.4 Å². The van der Waals surface area contributed by atoms with Crippen molar-refractivity contribution in [2.75, 3.05) is 11.9 Å². The first-order valence-corrected chi connectivity index (χ1v) is 9.53. The van der Waals surface area contributed by atoms with Gasteiger partial charge < -0.3 is 15.4 Å². The van der Waals surface area contributed by atoms with E-state index in [-0.39, 0.29) is 24.0 Å². The number of thiazole rings is 1. The van der Waals surface area contributed by atoms with Crippen molar-refractivity contribution >= 4 is 51.5 Å². The molecule has 10 heteroatoms. The number of nitrogens with zero attached hydrogens (tertiary/aromatic N) is 2. The molecule has 2 aromatic heterocycles. The number of benzene rings is 1. The molecule has 1 atom stereocenters. The zero-order valence-corrected chi connectivity index (χ0v) is 15.5. The largest absolute Gasteiger partial charge is 0.394 e. The van der Waals surface area contributed by atoms with E-state index in [2.05, 4.69) is 20.3 Å². The Bertz CT molecular complexity index is 960. The highest BCUT2D eigenvalue weighted by Gasteiger charge is 2.14. The number of halogens is 2. The maximum atomic E-state index is 13.8. The predicted molar refractivity (Wildman–Crippen MR) is 98.7 cm³/mol. The summed E-state index contributed by atoms with van der Waals surface area (Å²) in [4.78, 5) is 11.8. The molecule has 0 aliphatic rings. The van der Waals surface area contributed by atoms with Gasteiger partial charge >= 0.3 is 0 Å². The minimum Gasteiger partial charge on any atom is -0.394 e. The van der Waals surface area contributed by atoms with Crippen LogP contribution < -0.4 is 5.32 Å². The summed E-state index contributed by atoms with van der Waals surface area (Å²) < 4.78 is 28.4. The minimum absolute atomic E-state index is 0.0572. The van der Waals surface area contributed by atoms with Crippen LogP contribution in [0, 0.1) is 15.6 Å². The highest BCUT2D eigenvalue weighted by atomic mass is 32.2. The van der Waals surface area contributed by atoms with E-state index in [0.29, 0.717) is 20.6 Å². The summed E-state index contributed by atoms with van der Waals surface area (Å²) in [6, 6.07) is 3.86. The lowest BCUT2D eigenvalue weighted by atomic mass is 10.2. The number of anilines is 1. The molecule has 3 N–H and O–H groups in total. The summed E-state index contributed by atoms with van der Waals surface area (Å²) >= 11 is 7.67. The van der Waals surface area contributed by atoms with Crippen LogP contribution in [0.3, 0.4) is 0 Å². The number of rotatable bonds is 6. The van der Waals surface area contributed by atoms with Crippen molar-refractivity contribution in [1.82, 2.24) is 15.0 Å². The second-order valence-electron chi connectivity index (χ2n) is 5.28. The first-order chi connectivity index (χ1) is 12.0. The minimum atomic E-state index is -0.879. The molecule has 0 bridgehead atoms. The molecule has 132 valence electrons. The van der Waals surface area contributed by atoms with E-state index in [1.807, 2.05) is 6.92 Å². The second kappa shape index (κ2) is 7.73. The fourth-order valence-electron chi connectivity index (χ4n) is 2.07. The summed E-state index contributed by atoms with van der Waals surface area (Å²) in [5.74, 6) is -1.01. The summed E-state index contributed by atoms with van der Waals surface area (Å²) in [5.41, 5.74) is 0.810. The Morgan fingerprint density at radius 2 is 2.20 bits per heavy atom. The van der Waals surface area contributed by atoms with Crippen LogP contribution in [0.2, 0.25) is 0 Å². The molecule has 0 unspecified atom stereocenters. The van der Waals surface area contributed by atoms with Gasteiger partial charge in [0.1, 0.15) is 4.70 Å². The van der Waals surface area contributed by atoms with Gasteiger partial charge in [-0.2, -0.15) is 0 Å². The molecule has 2 heterocycles. The number of aliphatic hydroxyl groups excluding tert-OH is 1. The zero-order valence-electron chi connectivity index (χ0n) is 13.0. The van der Waals surface area contributed by atoms with E-state index in [0.717, 1.165) is 10.8 Å². The monoisotopic (exact) mass is 400 g/mol. The highest BCUT2D eigenvalue weighted by molar-refractivity contribution is 7.98. The molecule has 0 amide bonds. The number of thioether (sulfide) groups is 1. The Kier molecular flexibility index (Phi) is 5.62. The topological polar surface area (TPSA) is 73.8 Å². The smallest absolute Gasteiger partial charge is 0.191 e. The average molecular weight is 401 g/mol. The maximum absolute atomic E-state index is 13.8. The Balaban J connectivity index is 1.90. The van der Waals surface area contributed by atoms with E-state index < -0.39 is 11.6 Å². The van der Waals surface area contributed by atoms with Gasteiger partial charge in [0.05, 0.1) is 6.61 Å². The highest BCUT2D eigenvalue weighted by Crippen LogP contribution is 2.30. The molecule has 0 saturated carbocycles. The lowest BCUT2D eigenvalue weighted by Crippen LogP contribution is -2.20. The predicted octanol–water partition coefficient (Wildman–Crippen LogP) is 4.11. The molecule has 0 fully saturated rings. The van der Waals surface area contributed by atoms with Crippen LogP contribution in [-0.2, 0) is 5.75 Å². The third kappa shape index (κ3) is 4.14. The molecule has 3 aromatic rings. The summed E-state index contributed by atoms with van der Waals surface area (Å²) in [7, 11) is 0. The standard InChI is InChI=1S/C15H14F2N4OS3/c1-7(5-22)18-12-11-13(21-15(23)25-11)20-14(19-12)24-6-8-3-2-4-9(16)10(8)17/h2-4,7,22H,5-6H2,1H3,(H2,18,19,20,21,23)/t7-/m1/s1. The lowest BCUT2D eigenvalue weighted by Gasteiger charge is -2.12. The third-order valence-corrected chi connectivity index (χ3v) is 5.43. The van der Waals surface area contributed by atoms with Gasteiger partial charge in [0, 0.05) is 17.4 Å². The summed E-state index contributed by atoms with van der Waals surface area (Å²) in [5, 5.41) is 12.7. The van der Waals surface area contributed by atoms with Crippen LogP contribution in [0.1, 0.15) is 12.5 Å². The lowest BCUT2D eigenvalue weighted by molar-refractivity contribution is 0.281. The molecule has 0 aliphatic heterocycles. The fraction of sp³-hybridized carbons (Fsp3) is 0.267. The van der Waals surface area contributed by atoms with Gasteiger partial charge in [-0.15, -0.1) is 0 Å². The quantitative estimate of drug-likeness (QED) is 0.328. The number of aromatic nitrogens is 3. The van der Waals surface area contributed by atoms with Gasteiger partial charge in [0.15, 0.2) is 32.2 Å². The van der Waals surface area contributed by atoms with Crippen LogP contribution in [-0.4, -0.2) is 32.7 Å². The number of hydrogen-bond acceptors (Lipinski definition) is 7. The maximum Gasteiger partial charge on any atom is 0.191 e. The van der Waals surface area contributed by atoms with Crippen molar-refractivity contribution in [1.29, 1.82) is 0 Å². The Morgan fingerprint density at radius 3 is 2.96 bits per heavy atom. The van der Waals surface area contributed by atoms with Crippen LogP contribution >= 0.6 is 35.3 Å². The molecule has 0 radical (unpaired) electrons. The fourth-order valence-corrected chi connectivity index (χ4v) is 3.96. The molecule has 0 aliphatic carbocycles. The summed E-state index contributed by atoms with van der Waals surface area (Å²) in [6.07, 6.45) is 0. The van der Waals surface area contributed by atoms with Gasteiger partial charge in [-0.25, -0.2) is 18.7 Å². The van der Waals surface area contributed by atoms with E-state index in [1.165, 1.54) is 35.2 Å². The van der Waals surface area contributed by atoms with Crippen molar-refractivity contribution in [3.8, 4) is 0 Å². The Morgan fingerprint density at radius 1 is 1.40 bits per heavy atom. The van der Waals surface area contributed by atoms with Gasteiger partial charge in [-0.3, -0.25) is 0 Å². The normalized spacial score (nSPS) is 12.5. The van der Waals surface area contributed by atoms with Crippen molar-refractivity contribution in [2.24, 2.45) is 0 Å². The second-order valence-corrected chi connectivity index (χ2v) is 7.91. The first kappa shape index (κ1) is 18.2. The van der Waals surface area contributed by atoms with E-state index in [4.69, 9.17) is 12.2 Å².